The second kappa shape index (κ2) is 4.13. The van der Waals surface area contributed by atoms with Crippen LogP contribution in [0.3, 0.4) is 0 Å². The lowest BCUT2D eigenvalue weighted by atomic mass is 10.1. The molecular weight excluding hydrogens is 251 g/mol. The van der Waals surface area contributed by atoms with Crippen molar-refractivity contribution in [1.82, 2.24) is 9.55 Å². The molecule has 0 unspecified atom stereocenters. The molecule has 1 aromatic carbocycles. The van der Waals surface area contributed by atoms with Gasteiger partial charge in [-0.15, -0.1) is 0 Å². The number of rotatable bonds is 2. The Hall–Kier alpha value is -2.38. The van der Waals surface area contributed by atoms with Gasteiger partial charge in [0.15, 0.2) is 0 Å². The Balaban J connectivity index is 2.59. The highest BCUT2D eigenvalue weighted by atomic mass is 19.4. The van der Waals surface area contributed by atoms with E-state index in [9.17, 15) is 23.3 Å². The number of aromatic nitrogens is 2. The number of nitro benzene ring substituents is 1. The topological polar surface area (TPSA) is 61.0 Å². The number of nitro groups is 1. The van der Waals surface area contributed by atoms with Crippen LogP contribution in [0.1, 0.15) is 5.56 Å². The van der Waals surface area contributed by atoms with Crippen molar-refractivity contribution in [2.45, 2.75) is 6.18 Å². The quantitative estimate of drug-likeness (QED) is 0.613. The first-order chi connectivity index (χ1) is 8.39. The third-order valence-electron chi connectivity index (χ3n) is 2.28. The molecule has 0 saturated carbocycles. The fraction of sp³-hybridized carbons (Fsp3) is 0.100. The Morgan fingerprint density at radius 1 is 1.33 bits per heavy atom. The summed E-state index contributed by atoms with van der Waals surface area (Å²) in [6.07, 6.45) is -0.551. The van der Waals surface area contributed by atoms with Crippen LogP contribution in [0.5, 0.6) is 0 Å². The zero-order valence-electron chi connectivity index (χ0n) is 8.76. The van der Waals surface area contributed by atoms with Crippen LogP contribution in [0.2, 0.25) is 0 Å². The van der Waals surface area contributed by atoms with Gasteiger partial charge >= 0.3 is 6.18 Å². The number of hydrogen-bond acceptors (Lipinski definition) is 3. The van der Waals surface area contributed by atoms with Crippen LogP contribution in [0.25, 0.3) is 5.69 Å². The van der Waals surface area contributed by atoms with Gasteiger partial charge in [0.25, 0.3) is 5.69 Å². The summed E-state index contributed by atoms with van der Waals surface area (Å²) in [7, 11) is 0. The molecule has 0 amide bonds. The predicted octanol–water partition coefficient (Wildman–Crippen LogP) is 2.80. The van der Waals surface area contributed by atoms with Crippen LogP contribution in [0.15, 0.2) is 36.9 Å². The van der Waals surface area contributed by atoms with Crippen LogP contribution in [-0.2, 0) is 6.18 Å². The van der Waals surface area contributed by atoms with Gasteiger partial charge in [0.1, 0.15) is 5.69 Å². The van der Waals surface area contributed by atoms with E-state index < -0.39 is 22.4 Å². The smallest absolute Gasteiger partial charge is 0.300 e. The first kappa shape index (κ1) is 12.1. The number of hydrogen-bond donors (Lipinski definition) is 0. The maximum atomic E-state index is 12.5. The first-order valence-corrected chi connectivity index (χ1v) is 4.73. The van der Waals surface area contributed by atoms with Crippen molar-refractivity contribution < 1.29 is 18.1 Å². The number of alkyl halides is 3. The molecule has 8 heteroatoms. The Kier molecular flexibility index (Phi) is 2.77. The highest BCUT2D eigenvalue weighted by molar-refractivity contribution is 5.54. The molecule has 0 aliphatic heterocycles. The highest BCUT2D eigenvalue weighted by Gasteiger charge is 2.33. The van der Waals surface area contributed by atoms with Crippen molar-refractivity contribution in [1.29, 1.82) is 0 Å². The normalized spacial score (nSPS) is 11.5. The van der Waals surface area contributed by atoms with Crippen LogP contribution < -0.4 is 0 Å². The van der Waals surface area contributed by atoms with E-state index in [0.717, 1.165) is 12.1 Å². The largest absolute Gasteiger partial charge is 0.416 e. The lowest BCUT2D eigenvalue weighted by molar-refractivity contribution is -0.384. The maximum Gasteiger partial charge on any atom is 0.416 e. The van der Waals surface area contributed by atoms with E-state index in [-0.39, 0.29) is 5.69 Å². The molecule has 0 saturated heterocycles. The molecule has 5 nitrogen and oxygen atoms in total. The summed E-state index contributed by atoms with van der Waals surface area (Å²) in [6.45, 7) is 0. The van der Waals surface area contributed by atoms with Crippen LogP contribution in [0.4, 0.5) is 18.9 Å². The summed E-state index contributed by atoms with van der Waals surface area (Å²) in [5.41, 5.74) is -1.65. The van der Waals surface area contributed by atoms with E-state index in [1.807, 2.05) is 0 Å². The Morgan fingerprint density at radius 2 is 2.06 bits per heavy atom. The molecule has 2 rings (SSSR count). The summed E-state index contributed by atoms with van der Waals surface area (Å²) >= 11 is 0. The minimum atomic E-state index is -4.61. The highest BCUT2D eigenvalue weighted by Crippen LogP contribution is 2.34. The van der Waals surface area contributed by atoms with E-state index in [4.69, 9.17) is 0 Å². The summed E-state index contributed by atoms with van der Waals surface area (Å²) in [5, 5.41) is 10.8. The molecule has 2 aromatic rings. The molecule has 0 spiro atoms. The van der Waals surface area contributed by atoms with Gasteiger partial charge in [-0.2, -0.15) is 13.2 Å². The van der Waals surface area contributed by atoms with Crippen LogP contribution >= 0.6 is 0 Å². The molecule has 0 N–H and O–H groups in total. The van der Waals surface area contributed by atoms with Crippen LogP contribution in [-0.4, -0.2) is 14.5 Å². The van der Waals surface area contributed by atoms with Gasteiger partial charge < -0.3 is 4.57 Å². The Morgan fingerprint density at radius 3 is 2.56 bits per heavy atom. The molecule has 0 atom stereocenters. The third kappa shape index (κ3) is 2.17. The molecule has 94 valence electrons. The van der Waals surface area contributed by atoms with Gasteiger partial charge in [0.2, 0.25) is 0 Å². The minimum Gasteiger partial charge on any atom is -0.300 e. The maximum absolute atomic E-state index is 12.5. The number of nitrogens with zero attached hydrogens (tertiary/aromatic N) is 3. The van der Waals surface area contributed by atoms with E-state index in [2.05, 4.69) is 4.98 Å². The predicted molar refractivity (Wildman–Crippen MR) is 55.2 cm³/mol. The average molecular weight is 257 g/mol. The van der Waals surface area contributed by atoms with Crippen molar-refractivity contribution in [2.24, 2.45) is 0 Å². The SMILES string of the molecule is O=[N+]([O-])c1cc(C(F)(F)F)ccc1-n1ccnc1. The first-order valence-electron chi connectivity index (χ1n) is 4.73. The van der Waals surface area contributed by atoms with Gasteiger partial charge in [0, 0.05) is 18.5 Å². The molecule has 1 aromatic heterocycles. The van der Waals surface area contributed by atoms with Gasteiger partial charge in [0.05, 0.1) is 16.8 Å². The molecule has 1 heterocycles. The molecule has 18 heavy (non-hydrogen) atoms. The summed E-state index contributed by atoms with van der Waals surface area (Å²) in [6, 6.07) is 2.35. The summed E-state index contributed by atoms with van der Waals surface area (Å²) < 4.78 is 38.7. The van der Waals surface area contributed by atoms with Gasteiger partial charge in [-0.1, -0.05) is 0 Å². The van der Waals surface area contributed by atoms with Gasteiger partial charge in [-0.05, 0) is 12.1 Å². The van der Waals surface area contributed by atoms with Crippen molar-refractivity contribution in [3.63, 3.8) is 0 Å². The fourth-order valence-corrected chi connectivity index (χ4v) is 1.47. The molecule has 0 fully saturated rings. The van der Waals surface area contributed by atoms with E-state index in [0.29, 0.717) is 6.07 Å². The zero-order chi connectivity index (χ0) is 13.3. The summed E-state index contributed by atoms with van der Waals surface area (Å²) in [4.78, 5) is 13.6. The van der Waals surface area contributed by atoms with Crippen molar-refractivity contribution in [3.8, 4) is 5.69 Å². The minimum absolute atomic E-state index is 0.0329. The number of halogens is 3. The molecule has 0 bridgehead atoms. The molecule has 0 radical (unpaired) electrons. The lowest BCUT2D eigenvalue weighted by Crippen LogP contribution is -2.07. The van der Waals surface area contributed by atoms with Crippen molar-refractivity contribution in [3.05, 3.63) is 52.6 Å². The van der Waals surface area contributed by atoms with Gasteiger partial charge in [-0.3, -0.25) is 10.1 Å². The van der Waals surface area contributed by atoms with E-state index in [1.165, 1.54) is 23.3 Å². The second-order valence-electron chi connectivity index (χ2n) is 3.43. The van der Waals surface area contributed by atoms with Crippen molar-refractivity contribution >= 4 is 5.69 Å². The third-order valence-corrected chi connectivity index (χ3v) is 2.28. The second-order valence-corrected chi connectivity index (χ2v) is 3.43. The average Bonchev–Trinajstić information content (AvgIpc) is 2.80. The monoisotopic (exact) mass is 257 g/mol. The summed E-state index contributed by atoms with van der Waals surface area (Å²) in [5.74, 6) is 0. The van der Waals surface area contributed by atoms with E-state index >= 15 is 0 Å². The Labute approximate surface area is 98.6 Å². The fourth-order valence-electron chi connectivity index (χ4n) is 1.47. The van der Waals surface area contributed by atoms with Crippen LogP contribution in [0, 0.1) is 10.1 Å². The molecule has 0 aliphatic carbocycles. The lowest BCUT2D eigenvalue weighted by Gasteiger charge is -2.09. The zero-order valence-corrected chi connectivity index (χ0v) is 8.76. The number of benzene rings is 1. The Bertz CT molecular complexity index is 579. The van der Waals surface area contributed by atoms with E-state index in [1.54, 1.807) is 0 Å². The molecular formula is C10H6F3N3O2. The standard InChI is InChI=1S/C10H6F3N3O2/c11-10(12,13)7-1-2-8(9(5-7)16(17)18)15-4-3-14-6-15/h1-6H. The van der Waals surface area contributed by atoms with Crippen molar-refractivity contribution in [2.75, 3.05) is 0 Å². The molecule has 0 aliphatic rings. The van der Waals surface area contributed by atoms with Gasteiger partial charge in [-0.25, -0.2) is 4.98 Å². The number of imidazole rings is 1.